The molecule has 0 radical (unpaired) electrons. The van der Waals surface area contributed by atoms with Gasteiger partial charge in [-0.3, -0.25) is 4.79 Å². The Bertz CT molecular complexity index is 382. The van der Waals surface area contributed by atoms with Gasteiger partial charge in [0.25, 0.3) is 0 Å². The second-order valence-electron chi connectivity index (χ2n) is 5.35. The molecule has 3 amide bonds. The topological polar surface area (TPSA) is 98.7 Å². The Balaban J connectivity index is 2.45. The normalized spacial score (nSPS) is 16.9. The molecule has 0 heterocycles. The first-order valence-corrected chi connectivity index (χ1v) is 6.89. The number of carbonyl (C=O) groups is 3. The average molecular weight is 285 g/mol. The summed E-state index contributed by atoms with van der Waals surface area (Å²) in [6, 6.07) is -1.25. The summed E-state index contributed by atoms with van der Waals surface area (Å²) in [7, 11) is 1.47. The van der Waals surface area contributed by atoms with Crippen molar-refractivity contribution in [2.24, 2.45) is 5.92 Å². The van der Waals surface area contributed by atoms with Crippen LogP contribution in [-0.4, -0.2) is 53.6 Å². The average Bonchev–Trinajstić information content (AvgIpc) is 3.17. The van der Waals surface area contributed by atoms with Crippen molar-refractivity contribution in [2.75, 3.05) is 13.6 Å². The van der Waals surface area contributed by atoms with E-state index >= 15 is 0 Å². The minimum atomic E-state index is -1.07. The van der Waals surface area contributed by atoms with Crippen LogP contribution in [0.25, 0.3) is 0 Å². The van der Waals surface area contributed by atoms with E-state index in [0.717, 1.165) is 12.8 Å². The highest BCUT2D eigenvalue weighted by Crippen LogP contribution is 2.18. The lowest BCUT2D eigenvalue weighted by molar-refractivity contribution is -0.140. The molecule has 0 aromatic heterocycles. The molecule has 1 fully saturated rings. The zero-order chi connectivity index (χ0) is 15.3. The molecule has 0 aromatic rings. The molecule has 0 aromatic carbocycles. The van der Waals surface area contributed by atoms with E-state index in [1.54, 1.807) is 6.92 Å². The third-order valence-corrected chi connectivity index (χ3v) is 3.43. The Kier molecular flexibility index (Phi) is 5.79. The number of nitrogens with one attached hydrogen (secondary N) is 2. The van der Waals surface area contributed by atoms with E-state index in [9.17, 15) is 14.4 Å². The van der Waals surface area contributed by atoms with E-state index in [4.69, 9.17) is 5.11 Å². The number of carboxylic acid groups (broad SMARTS) is 1. The van der Waals surface area contributed by atoms with E-state index in [2.05, 4.69) is 10.6 Å². The number of rotatable bonds is 7. The summed E-state index contributed by atoms with van der Waals surface area (Å²) in [5.41, 5.74) is 0. The molecular weight excluding hydrogens is 262 g/mol. The second-order valence-corrected chi connectivity index (χ2v) is 5.35. The SMILES string of the molecule is CCC(C)[C@H](NC(=O)N(C)CC(=O)NC1CC1)C(=O)O. The Morgan fingerprint density at radius 1 is 1.35 bits per heavy atom. The van der Waals surface area contributed by atoms with Crippen molar-refractivity contribution >= 4 is 17.9 Å². The molecule has 3 N–H and O–H groups in total. The van der Waals surface area contributed by atoms with Crippen molar-refractivity contribution in [1.82, 2.24) is 15.5 Å². The first-order valence-electron chi connectivity index (χ1n) is 6.89. The van der Waals surface area contributed by atoms with Crippen molar-refractivity contribution in [3.8, 4) is 0 Å². The molecule has 2 atom stereocenters. The quantitative estimate of drug-likeness (QED) is 0.630. The zero-order valence-corrected chi connectivity index (χ0v) is 12.2. The highest BCUT2D eigenvalue weighted by molar-refractivity contribution is 5.86. The van der Waals surface area contributed by atoms with Gasteiger partial charge in [-0.1, -0.05) is 20.3 Å². The molecule has 1 aliphatic rings. The Morgan fingerprint density at radius 3 is 2.40 bits per heavy atom. The Morgan fingerprint density at radius 2 is 1.95 bits per heavy atom. The third-order valence-electron chi connectivity index (χ3n) is 3.43. The molecule has 0 saturated heterocycles. The summed E-state index contributed by atoms with van der Waals surface area (Å²) in [5.74, 6) is -1.46. The van der Waals surface area contributed by atoms with Gasteiger partial charge in [-0.2, -0.15) is 0 Å². The number of urea groups is 1. The summed E-state index contributed by atoms with van der Waals surface area (Å²) in [6.45, 7) is 3.55. The molecule has 1 rings (SSSR count). The van der Waals surface area contributed by atoms with Crippen molar-refractivity contribution < 1.29 is 19.5 Å². The predicted octanol–water partition coefficient (Wildman–Crippen LogP) is 0.406. The van der Waals surface area contributed by atoms with Gasteiger partial charge in [-0.15, -0.1) is 0 Å². The van der Waals surface area contributed by atoms with Crippen molar-refractivity contribution in [3.63, 3.8) is 0 Å². The molecule has 0 aliphatic heterocycles. The van der Waals surface area contributed by atoms with Crippen LogP contribution in [0, 0.1) is 5.92 Å². The molecule has 7 nitrogen and oxygen atoms in total. The van der Waals surface area contributed by atoms with Crippen LogP contribution in [0.3, 0.4) is 0 Å². The van der Waals surface area contributed by atoms with Crippen LogP contribution in [0.1, 0.15) is 33.1 Å². The van der Waals surface area contributed by atoms with Gasteiger partial charge < -0.3 is 20.6 Å². The van der Waals surface area contributed by atoms with Gasteiger partial charge in [-0.25, -0.2) is 9.59 Å². The Hall–Kier alpha value is -1.79. The fourth-order valence-corrected chi connectivity index (χ4v) is 1.71. The van der Waals surface area contributed by atoms with Crippen LogP contribution < -0.4 is 10.6 Å². The number of nitrogens with zero attached hydrogens (tertiary/aromatic N) is 1. The van der Waals surface area contributed by atoms with Crippen LogP contribution in [0.15, 0.2) is 0 Å². The predicted molar refractivity (Wildman–Crippen MR) is 73.2 cm³/mol. The van der Waals surface area contributed by atoms with Gasteiger partial charge in [0.05, 0.1) is 0 Å². The molecule has 1 unspecified atom stereocenters. The van der Waals surface area contributed by atoms with Gasteiger partial charge in [0.2, 0.25) is 5.91 Å². The molecule has 7 heteroatoms. The van der Waals surface area contributed by atoms with Crippen molar-refractivity contribution in [2.45, 2.75) is 45.2 Å². The highest BCUT2D eigenvalue weighted by Gasteiger charge is 2.28. The Labute approximate surface area is 118 Å². The standard InChI is InChI=1S/C13H23N3O4/c1-4-8(2)11(12(18)19)15-13(20)16(3)7-10(17)14-9-5-6-9/h8-9,11H,4-7H2,1-3H3,(H,14,17)(H,15,20)(H,18,19)/t8?,11-/m0/s1. The van der Waals surface area contributed by atoms with Crippen molar-refractivity contribution in [3.05, 3.63) is 0 Å². The number of carbonyl (C=O) groups excluding carboxylic acids is 2. The van der Waals surface area contributed by atoms with E-state index in [1.165, 1.54) is 11.9 Å². The van der Waals surface area contributed by atoms with Crippen molar-refractivity contribution in [1.29, 1.82) is 0 Å². The number of likely N-dealkylation sites (N-methyl/N-ethyl adjacent to an activating group) is 1. The van der Waals surface area contributed by atoms with Crippen LogP contribution in [0.4, 0.5) is 4.79 Å². The first kappa shape index (κ1) is 16.3. The lowest BCUT2D eigenvalue weighted by Crippen LogP contribution is -2.51. The number of amides is 3. The fourth-order valence-electron chi connectivity index (χ4n) is 1.71. The maximum absolute atomic E-state index is 11.9. The lowest BCUT2D eigenvalue weighted by Gasteiger charge is -2.24. The maximum Gasteiger partial charge on any atom is 0.326 e. The molecule has 20 heavy (non-hydrogen) atoms. The first-order chi connectivity index (χ1) is 9.35. The van der Waals surface area contributed by atoms with Gasteiger partial charge in [-0.05, 0) is 18.8 Å². The minimum absolute atomic E-state index is 0.0742. The van der Waals surface area contributed by atoms with Gasteiger partial charge in [0.15, 0.2) is 0 Å². The van der Waals surface area contributed by atoms with Crippen LogP contribution >= 0.6 is 0 Å². The number of aliphatic carboxylic acids is 1. The highest BCUT2D eigenvalue weighted by atomic mass is 16.4. The summed E-state index contributed by atoms with van der Waals surface area (Å²) >= 11 is 0. The fraction of sp³-hybridized carbons (Fsp3) is 0.769. The molecule has 114 valence electrons. The number of hydrogen-bond acceptors (Lipinski definition) is 3. The van der Waals surface area contributed by atoms with Crippen LogP contribution in [0.5, 0.6) is 0 Å². The lowest BCUT2D eigenvalue weighted by atomic mass is 9.99. The number of carboxylic acids is 1. The maximum atomic E-state index is 11.9. The van der Waals surface area contributed by atoms with E-state index in [-0.39, 0.29) is 24.4 Å². The largest absolute Gasteiger partial charge is 0.480 e. The van der Waals surface area contributed by atoms with E-state index in [0.29, 0.717) is 6.42 Å². The van der Waals surface area contributed by atoms with Crippen LogP contribution in [0.2, 0.25) is 0 Å². The van der Waals surface area contributed by atoms with Gasteiger partial charge in [0, 0.05) is 13.1 Å². The summed E-state index contributed by atoms with van der Waals surface area (Å²) < 4.78 is 0. The summed E-state index contributed by atoms with van der Waals surface area (Å²) in [5, 5.41) is 14.3. The monoisotopic (exact) mass is 285 g/mol. The van der Waals surface area contributed by atoms with Gasteiger partial charge >= 0.3 is 12.0 Å². The minimum Gasteiger partial charge on any atom is -0.480 e. The zero-order valence-electron chi connectivity index (χ0n) is 12.2. The molecule has 0 bridgehead atoms. The molecule has 1 saturated carbocycles. The summed E-state index contributed by atoms with van der Waals surface area (Å²) in [6.07, 6.45) is 2.61. The molecular formula is C13H23N3O4. The summed E-state index contributed by atoms with van der Waals surface area (Å²) in [4.78, 5) is 35.8. The second kappa shape index (κ2) is 7.12. The molecule has 1 aliphatic carbocycles. The number of hydrogen-bond donors (Lipinski definition) is 3. The smallest absolute Gasteiger partial charge is 0.326 e. The van der Waals surface area contributed by atoms with Gasteiger partial charge in [0.1, 0.15) is 12.6 Å². The van der Waals surface area contributed by atoms with Crippen LogP contribution in [-0.2, 0) is 9.59 Å². The molecule has 0 spiro atoms. The third kappa shape index (κ3) is 5.07. The van der Waals surface area contributed by atoms with E-state index < -0.39 is 18.0 Å². The van der Waals surface area contributed by atoms with E-state index in [1.807, 2.05) is 6.92 Å².